The Labute approximate surface area is 51.0 Å². The van der Waals surface area contributed by atoms with Crippen LogP contribution in [0.15, 0.2) is 12.7 Å². The van der Waals surface area contributed by atoms with Crippen LogP contribution in [-0.2, 0) is 4.79 Å². The summed E-state index contributed by atoms with van der Waals surface area (Å²) in [4.78, 5) is 9.25. The highest BCUT2D eigenvalue weighted by molar-refractivity contribution is 9.08. The maximum absolute atomic E-state index is 9.25. The van der Waals surface area contributed by atoms with Crippen molar-refractivity contribution in [2.24, 2.45) is 0 Å². The number of halogens is 1. The third-order valence-corrected chi connectivity index (χ3v) is 0.175. The van der Waals surface area contributed by atoms with E-state index in [1.54, 1.807) is 0 Å². The SMILES string of the molecule is C=CC(=O)O.CBr. The molecular weight excluding hydrogens is 160 g/mol. The van der Waals surface area contributed by atoms with Gasteiger partial charge in [-0.1, -0.05) is 22.5 Å². The number of hydrogen-bond acceptors (Lipinski definition) is 1. The van der Waals surface area contributed by atoms with Crippen LogP contribution in [-0.4, -0.2) is 16.9 Å². The topological polar surface area (TPSA) is 37.3 Å². The largest absolute Gasteiger partial charge is 0.478 e. The predicted molar refractivity (Wildman–Crippen MR) is 32.7 cm³/mol. The lowest BCUT2D eigenvalue weighted by Crippen LogP contribution is -1.82. The first kappa shape index (κ1) is 9.85. The van der Waals surface area contributed by atoms with Crippen LogP contribution in [0.2, 0.25) is 0 Å². The number of carboxylic acids is 1. The third-order valence-electron chi connectivity index (χ3n) is 0.175. The Morgan fingerprint density at radius 3 is 2.00 bits per heavy atom. The second kappa shape index (κ2) is 9.19. The second-order valence-electron chi connectivity index (χ2n) is 0.542. The van der Waals surface area contributed by atoms with Crippen molar-refractivity contribution in [3.8, 4) is 0 Å². The van der Waals surface area contributed by atoms with Gasteiger partial charge in [0.1, 0.15) is 0 Å². The summed E-state index contributed by atoms with van der Waals surface area (Å²) < 4.78 is 0. The minimum atomic E-state index is -0.981. The molecule has 0 saturated carbocycles. The molecule has 0 aromatic heterocycles. The first-order valence-electron chi connectivity index (χ1n) is 1.50. The van der Waals surface area contributed by atoms with Gasteiger partial charge < -0.3 is 5.11 Å². The number of alkyl halides is 1. The molecule has 0 spiro atoms. The van der Waals surface area contributed by atoms with Gasteiger partial charge in [-0.25, -0.2) is 4.79 Å². The van der Waals surface area contributed by atoms with E-state index in [4.69, 9.17) is 5.11 Å². The Hall–Kier alpha value is -0.310. The summed E-state index contributed by atoms with van der Waals surface area (Å²) in [7, 11) is 0. The lowest BCUT2D eigenvalue weighted by atomic mass is 10.7. The fraction of sp³-hybridized carbons (Fsp3) is 0.250. The van der Waals surface area contributed by atoms with E-state index in [1.807, 2.05) is 5.83 Å². The van der Waals surface area contributed by atoms with E-state index < -0.39 is 5.97 Å². The first-order valence-corrected chi connectivity index (χ1v) is 3.09. The zero-order chi connectivity index (χ0) is 6.28. The van der Waals surface area contributed by atoms with Gasteiger partial charge in [0.25, 0.3) is 0 Å². The quantitative estimate of drug-likeness (QED) is 0.471. The zero-order valence-electron chi connectivity index (χ0n) is 4.02. The van der Waals surface area contributed by atoms with Crippen molar-refractivity contribution in [1.29, 1.82) is 0 Å². The summed E-state index contributed by atoms with van der Waals surface area (Å²) in [6, 6.07) is 0. The van der Waals surface area contributed by atoms with Gasteiger partial charge in [-0.2, -0.15) is 0 Å². The van der Waals surface area contributed by atoms with E-state index in [-0.39, 0.29) is 0 Å². The van der Waals surface area contributed by atoms with Crippen LogP contribution in [0.1, 0.15) is 0 Å². The first-order chi connectivity index (χ1) is 3.27. The zero-order valence-corrected chi connectivity index (χ0v) is 5.60. The Kier molecular flexibility index (Phi) is 12.9. The van der Waals surface area contributed by atoms with Crippen LogP contribution < -0.4 is 0 Å². The molecule has 0 heterocycles. The Morgan fingerprint density at radius 2 is 2.00 bits per heavy atom. The van der Waals surface area contributed by atoms with Gasteiger partial charge in [-0.3, -0.25) is 0 Å². The molecule has 0 saturated heterocycles. The van der Waals surface area contributed by atoms with E-state index in [0.29, 0.717) is 0 Å². The molecule has 0 fully saturated rings. The Morgan fingerprint density at radius 1 is 1.86 bits per heavy atom. The number of carbonyl (C=O) groups is 1. The minimum absolute atomic E-state index is 0.833. The molecule has 0 aromatic rings. The summed E-state index contributed by atoms with van der Waals surface area (Å²) in [5, 5.41) is 7.60. The molecule has 0 bridgehead atoms. The highest BCUT2D eigenvalue weighted by Crippen LogP contribution is 1.54. The van der Waals surface area contributed by atoms with Crippen molar-refractivity contribution in [2.75, 3.05) is 5.83 Å². The molecule has 7 heavy (non-hydrogen) atoms. The van der Waals surface area contributed by atoms with Crippen molar-refractivity contribution in [1.82, 2.24) is 0 Å². The molecule has 0 aliphatic heterocycles. The molecule has 1 N–H and O–H groups in total. The fourth-order valence-corrected chi connectivity index (χ4v) is 0. The van der Waals surface area contributed by atoms with E-state index >= 15 is 0 Å². The molecule has 0 radical (unpaired) electrons. The highest BCUT2D eigenvalue weighted by atomic mass is 79.9. The molecule has 0 aromatic carbocycles. The molecule has 0 amide bonds. The van der Waals surface area contributed by atoms with Crippen LogP contribution in [0.4, 0.5) is 0 Å². The van der Waals surface area contributed by atoms with Crippen molar-refractivity contribution < 1.29 is 9.90 Å². The average molecular weight is 167 g/mol. The molecule has 0 atom stereocenters. The van der Waals surface area contributed by atoms with Crippen LogP contribution in [0, 0.1) is 0 Å². The summed E-state index contributed by atoms with van der Waals surface area (Å²) in [6.07, 6.45) is 0.833. The van der Waals surface area contributed by atoms with Gasteiger partial charge in [-0.15, -0.1) is 0 Å². The molecule has 42 valence electrons. The monoisotopic (exact) mass is 166 g/mol. The van der Waals surface area contributed by atoms with Crippen LogP contribution >= 0.6 is 15.9 Å². The average Bonchev–Trinajstić information content (AvgIpc) is 1.73. The number of rotatable bonds is 1. The highest BCUT2D eigenvalue weighted by Gasteiger charge is 1.73. The fourth-order valence-electron chi connectivity index (χ4n) is 0. The smallest absolute Gasteiger partial charge is 0.327 e. The third kappa shape index (κ3) is 27.1. The normalized spacial score (nSPS) is 5.43. The summed E-state index contributed by atoms with van der Waals surface area (Å²) in [5.74, 6) is 0.831. The van der Waals surface area contributed by atoms with Crippen molar-refractivity contribution in [3.05, 3.63) is 12.7 Å². The summed E-state index contributed by atoms with van der Waals surface area (Å²) >= 11 is 2.94. The maximum Gasteiger partial charge on any atom is 0.327 e. The molecule has 0 aliphatic rings. The standard InChI is InChI=1S/C3H4O2.CH3Br/c1-2-3(4)5;1-2/h2H,1H2,(H,4,5);1H3. The van der Waals surface area contributed by atoms with E-state index in [0.717, 1.165) is 6.08 Å². The predicted octanol–water partition coefficient (Wildman–Crippen LogP) is 1.27. The van der Waals surface area contributed by atoms with Crippen molar-refractivity contribution >= 4 is 21.9 Å². The van der Waals surface area contributed by atoms with Gasteiger partial charge in [-0.05, 0) is 5.83 Å². The van der Waals surface area contributed by atoms with Crippen LogP contribution in [0.5, 0.6) is 0 Å². The lowest BCUT2D eigenvalue weighted by Gasteiger charge is -1.64. The summed E-state index contributed by atoms with van der Waals surface area (Å²) in [5.41, 5.74) is 0. The van der Waals surface area contributed by atoms with Gasteiger partial charge in [0.15, 0.2) is 0 Å². The lowest BCUT2D eigenvalue weighted by molar-refractivity contribution is -0.131. The Bertz CT molecular complexity index is 60.7. The Balaban J connectivity index is 0. The minimum Gasteiger partial charge on any atom is -0.478 e. The number of aliphatic carboxylic acids is 1. The van der Waals surface area contributed by atoms with Crippen molar-refractivity contribution in [3.63, 3.8) is 0 Å². The number of carboxylic acid groups (broad SMARTS) is 1. The van der Waals surface area contributed by atoms with Crippen LogP contribution in [0.25, 0.3) is 0 Å². The summed E-state index contributed by atoms with van der Waals surface area (Å²) in [6.45, 7) is 2.96. The molecule has 0 rings (SSSR count). The second-order valence-corrected chi connectivity index (χ2v) is 0.542. The van der Waals surface area contributed by atoms with Gasteiger partial charge in [0, 0.05) is 6.08 Å². The van der Waals surface area contributed by atoms with Crippen molar-refractivity contribution in [2.45, 2.75) is 0 Å². The van der Waals surface area contributed by atoms with Gasteiger partial charge in [0.05, 0.1) is 0 Å². The van der Waals surface area contributed by atoms with E-state index in [9.17, 15) is 4.79 Å². The molecule has 0 unspecified atom stereocenters. The van der Waals surface area contributed by atoms with Gasteiger partial charge >= 0.3 is 5.97 Å². The van der Waals surface area contributed by atoms with E-state index in [1.165, 1.54) is 0 Å². The van der Waals surface area contributed by atoms with Gasteiger partial charge in [0.2, 0.25) is 0 Å². The molecule has 0 aliphatic carbocycles. The maximum atomic E-state index is 9.25. The number of hydrogen-bond donors (Lipinski definition) is 1. The van der Waals surface area contributed by atoms with Crippen LogP contribution in [0.3, 0.4) is 0 Å². The molecular formula is C4H7BrO2. The molecule has 2 nitrogen and oxygen atoms in total. The van der Waals surface area contributed by atoms with E-state index in [2.05, 4.69) is 22.5 Å². The molecule has 3 heteroatoms.